The van der Waals surface area contributed by atoms with Crippen molar-refractivity contribution in [2.24, 2.45) is 11.8 Å². The van der Waals surface area contributed by atoms with Gasteiger partial charge in [-0.25, -0.2) is 4.79 Å². The molecule has 0 N–H and O–H groups in total. The van der Waals surface area contributed by atoms with E-state index in [1.165, 1.54) is 4.90 Å². The standard InChI is InChI=1S/C19H25NO5/c1-19(2,3)25-18(23)20-10-9-16(15(11-20)12-21)17(22)24-13-14-7-5-4-6-8-14/h4-8,12,15-16H,9-11,13H2,1-3H3. The minimum absolute atomic E-state index is 0.170. The third kappa shape index (κ3) is 5.59. The van der Waals surface area contributed by atoms with E-state index < -0.39 is 29.5 Å². The molecule has 1 fully saturated rings. The van der Waals surface area contributed by atoms with Crippen molar-refractivity contribution in [3.05, 3.63) is 35.9 Å². The SMILES string of the molecule is CC(C)(C)OC(=O)N1CCC(C(=O)OCc2ccccc2)C(C=O)C1. The van der Waals surface area contributed by atoms with Crippen LogP contribution >= 0.6 is 0 Å². The summed E-state index contributed by atoms with van der Waals surface area (Å²) < 4.78 is 10.7. The lowest BCUT2D eigenvalue weighted by Gasteiger charge is -2.35. The Morgan fingerprint density at radius 2 is 1.92 bits per heavy atom. The molecule has 0 saturated carbocycles. The fraction of sp³-hybridized carbons (Fsp3) is 0.526. The average molecular weight is 347 g/mol. The molecule has 1 aromatic rings. The van der Waals surface area contributed by atoms with Gasteiger partial charge in [-0.3, -0.25) is 4.79 Å². The first-order valence-corrected chi connectivity index (χ1v) is 8.44. The molecule has 2 unspecified atom stereocenters. The lowest BCUT2D eigenvalue weighted by molar-refractivity contribution is -0.155. The molecule has 1 saturated heterocycles. The summed E-state index contributed by atoms with van der Waals surface area (Å²) >= 11 is 0. The summed E-state index contributed by atoms with van der Waals surface area (Å²) in [5.41, 5.74) is 0.295. The maximum atomic E-state index is 12.3. The minimum Gasteiger partial charge on any atom is -0.461 e. The number of esters is 1. The van der Waals surface area contributed by atoms with E-state index in [-0.39, 0.29) is 13.2 Å². The molecule has 2 atom stereocenters. The van der Waals surface area contributed by atoms with Crippen molar-refractivity contribution in [3.63, 3.8) is 0 Å². The largest absolute Gasteiger partial charge is 0.461 e. The second kappa shape index (κ2) is 8.14. The zero-order chi connectivity index (χ0) is 18.4. The molecule has 136 valence electrons. The highest BCUT2D eigenvalue weighted by molar-refractivity contribution is 5.78. The minimum atomic E-state index is -0.598. The zero-order valence-corrected chi connectivity index (χ0v) is 14.9. The summed E-state index contributed by atoms with van der Waals surface area (Å²) in [4.78, 5) is 37.4. The molecule has 1 amide bonds. The number of hydrogen-bond acceptors (Lipinski definition) is 5. The second-order valence-corrected chi connectivity index (χ2v) is 7.21. The molecular weight excluding hydrogens is 322 g/mol. The van der Waals surface area contributed by atoms with Crippen LogP contribution in [0.2, 0.25) is 0 Å². The predicted octanol–water partition coefficient (Wildman–Crippen LogP) is 2.80. The van der Waals surface area contributed by atoms with Crippen LogP contribution in [0.25, 0.3) is 0 Å². The van der Waals surface area contributed by atoms with Crippen molar-refractivity contribution in [2.75, 3.05) is 13.1 Å². The van der Waals surface area contributed by atoms with Crippen LogP contribution in [-0.4, -0.2) is 41.9 Å². The van der Waals surface area contributed by atoms with Crippen LogP contribution in [0.5, 0.6) is 0 Å². The first-order chi connectivity index (χ1) is 11.8. The van der Waals surface area contributed by atoms with Gasteiger partial charge in [0.05, 0.1) is 5.92 Å². The van der Waals surface area contributed by atoms with Crippen LogP contribution in [0, 0.1) is 11.8 Å². The number of nitrogens with zero attached hydrogens (tertiary/aromatic N) is 1. The summed E-state index contributed by atoms with van der Waals surface area (Å²) in [7, 11) is 0. The summed E-state index contributed by atoms with van der Waals surface area (Å²) in [5, 5.41) is 0. The molecule has 1 aliphatic heterocycles. The number of likely N-dealkylation sites (tertiary alicyclic amines) is 1. The van der Waals surface area contributed by atoms with E-state index in [0.29, 0.717) is 13.0 Å². The van der Waals surface area contributed by atoms with Gasteiger partial charge < -0.3 is 19.2 Å². The van der Waals surface area contributed by atoms with Crippen LogP contribution in [-0.2, 0) is 25.7 Å². The van der Waals surface area contributed by atoms with Crippen LogP contribution in [0.1, 0.15) is 32.8 Å². The first kappa shape index (κ1) is 19.0. The molecule has 2 rings (SSSR count). The van der Waals surface area contributed by atoms with E-state index in [1.54, 1.807) is 20.8 Å². The van der Waals surface area contributed by atoms with Gasteiger partial charge in [-0.1, -0.05) is 30.3 Å². The van der Waals surface area contributed by atoms with Gasteiger partial charge in [-0.2, -0.15) is 0 Å². The van der Waals surface area contributed by atoms with Gasteiger partial charge in [0.1, 0.15) is 18.5 Å². The van der Waals surface area contributed by atoms with E-state index in [0.717, 1.165) is 11.8 Å². The fourth-order valence-electron chi connectivity index (χ4n) is 2.74. The van der Waals surface area contributed by atoms with Crippen LogP contribution in [0.4, 0.5) is 4.79 Å². The molecule has 1 aromatic carbocycles. The van der Waals surface area contributed by atoms with E-state index in [9.17, 15) is 14.4 Å². The predicted molar refractivity (Wildman–Crippen MR) is 91.7 cm³/mol. The Morgan fingerprint density at radius 3 is 2.52 bits per heavy atom. The lowest BCUT2D eigenvalue weighted by atomic mass is 9.86. The number of piperidine rings is 1. The maximum absolute atomic E-state index is 12.3. The van der Waals surface area contributed by atoms with Gasteiger partial charge >= 0.3 is 12.1 Å². The van der Waals surface area contributed by atoms with Crippen LogP contribution in [0.15, 0.2) is 30.3 Å². The normalized spacial score (nSPS) is 20.7. The van der Waals surface area contributed by atoms with Crippen molar-refractivity contribution in [2.45, 2.75) is 39.4 Å². The number of carbonyl (C=O) groups is 3. The smallest absolute Gasteiger partial charge is 0.410 e. The highest BCUT2D eigenvalue weighted by Crippen LogP contribution is 2.25. The Labute approximate surface area is 148 Å². The average Bonchev–Trinajstić information content (AvgIpc) is 2.58. The van der Waals surface area contributed by atoms with Crippen molar-refractivity contribution in [3.8, 4) is 0 Å². The monoisotopic (exact) mass is 347 g/mol. The summed E-state index contributed by atoms with van der Waals surface area (Å²) in [6.45, 7) is 6.08. The summed E-state index contributed by atoms with van der Waals surface area (Å²) in [6, 6.07) is 9.37. The molecule has 0 aliphatic carbocycles. The number of hydrogen-bond donors (Lipinski definition) is 0. The topological polar surface area (TPSA) is 72.9 Å². The number of amides is 1. The summed E-state index contributed by atoms with van der Waals surface area (Å²) in [5.74, 6) is -1.51. The molecule has 0 bridgehead atoms. The molecule has 25 heavy (non-hydrogen) atoms. The number of benzene rings is 1. The van der Waals surface area contributed by atoms with Crippen LogP contribution < -0.4 is 0 Å². The summed E-state index contributed by atoms with van der Waals surface area (Å²) in [6.07, 6.45) is 0.650. The number of carbonyl (C=O) groups excluding carboxylic acids is 3. The fourth-order valence-corrected chi connectivity index (χ4v) is 2.74. The van der Waals surface area contributed by atoms with Crippen molar-refractivity contribution in [1.82, 2.24) is 4.90 Å². The van der Waals surface area contributed by atoms with Gasteiger partial charge in [0.15, 0.2) is 0 Å². The van der Waals surface area contributed by atoms with Crippen LogP contribution in [0.3, 0.4) is 0 Å². The zero-order valence-electron chi connectivity index (χ0n) is 14.9. The number of aldehydes is 1. The van der Waals surface area contributed by atoms with Crippen molar-refractivity contribution < 1.29 is 23.9 Å². The molecule has 6 heteroatoms. The Morgan fingerprint density at radius 1 is 1.24 bits per heavy atom. The number of rotatable bonds is 4. The van der Waals surface area contributed by atoms with Crippen molar-refractivity contribution >= 4 is 18.3 Å². The first-order valence-electron chi connectivity index (χ1n) is 8.44. The Balaban J connectivity index is 1.91. The lowest BCUT2D eigenvalue weighted by Crippen LogP contribution is -2.48. The van der Waals surface area contributed by atoms with E-state index in [1.807, 2.05) is 30.3 Å². The van der Waals surface area contributed by atoms with Crippen molar-refractivity contribution in [1.29, 1.82) is 0 Å². The Kier molecular flexibility index (Phi) is 6.17. The molecule has 6 nitrogen and oxygen atoms in total. The highest BCUT2D eigenvalue weighted by atomic mass is 16.6. The van der Waals surface area contributed by atoms with Gasteiger partial charge in [-0.15, -0.1) is 0 Å². The number of ether oxygens (including phenoxy) is 2. The highest BCUT2D eigenvalue weighted by Gasteiger charge is 2.37. The Bertz CT molecular complexity index is 608. The maximum Gasteiger partial charge on any atom is 0.410 e. The van der Waals surface area contributed by atoms with E-state index in [4.69, 9.17) is 9.47 Å². The van der Waals surface area contributed by atoms with Gasteiger partial charge in [0.25, 0.3) is 0 Å². The Hall–Kier alpha value is -2.37. The quantitative estimate of drug-likeness (QED) is 0.618. The van der Waals surface area contributed by atoms with Gasteiger partial charge in [0, 0.05) is 19.0 Å². The van der Waals surface area contributed by atoms with Gasteiger partial charge in [0.2, 0.25) is 0 Å². The molecule has 1 aliphatic rings. The molecular formula is C19H25NO5. The van der Waals surface area contributed by atoms with E-state index in [2.05, 4.69) is 0 Å². The van der Waals surface area contributed by atoms with E-state index >= 15 is 0 Å². The third-order valence-electron chi connectivity index (χ3n) is 4.01. The molecule has 0 spiro atoms. The third-order valence-corrected chi connectivity index (χ3v) is 4.01. The second-order valence-electron chi connectivity index (χ2n) is 7.21. The molecule has 0 radical (unpaired) electrons. The molecule has 0 aromatic heterocycles. The molecule has 1 heterocycles. The van der Waals surface area contributed by atoms with Gasteiger partial charge in [-0.05, 0) is 32.8 Å².